The van der Waals surface area contributed by atoms with Crippen molar-refractivity contribution in [2.45, 2.75) is 30.2 Å². The van der Waals surface area contributed by atoms with Gasteiger partial charge in [-0.05, 0) is 50.6 Å². The first-order valence-electron chi connectivity index (χ1n) is 6.87. The van der Waals surface area contributed by atoms with Crippen LogP contribution >= 0.6 is 11.6 Å². The third kappa shape index (κ3) is 4.19. The number of hydrogen-bond donors (Lipinski definition) is 1. The summed E-state index contributed by atoms with van der Waals surface area (Å²) in [6.07, 6.45) is 2.68. The minimum absolute atomic E-state index is 0.00117. The van der Waals surface area contributed by atoms with Gasteiger partial charge in [0, 0.05) is 18.5 Å². The van der Waals surface area contributed by atoms with Crippen molar-refractivity contribution in [2.24, 2.45) is 0 Å². The van der Waals surface area contributed by atoms with Gasteiger partial charge in [0.2, 0.25) is 10.0 Å². The Bertz CT molecular complexity index is 531. The number of hydrogen-bond acceptors (Lipinski definition) is 3. The molecule has 0 aromatic heterocycles. The van der Waals surface area contributed by atoms with Gasteiger partial charge in [-0.15, -0.1) is 11.6 Å². The van der Waals surface area contributed by atoms with E-state index in [0.717, 1.165) is 37.9 Å². The Morgan fingerprint density at radius 1 is 1.35 bits per heavy atom. The molecule has 2 rings (SSSR count). The second kappa shape index (κ2) is 6.89. The van der Waals surface area contributed by atoms with E-state index < -0.39 is 10.0 Å². The van der Waals surface area contributed by atoms with Gasteiger partial charge >= 0.3 is 0 Å². The molecule has 0 spiro atoms. The van der Waals surface area contributed by atoms with Crippen LogP contribution in [0.5, 0.6) is 0 Å². The molecule has 1 aliphatic heterocycles. The molecule has 1 saturated heterocycles. The highest BCUT2D eigenvalue weighted by molar-refractivity contribution is 7.89. The molecule has 1 aliphatic rings. The Morgan fingerprint density at radius 2 is 2.05 bits per heavy atom. The second-order valence-corrected chi connectivity index (χ2v) is 7.40. The van der Waals surface area contributed by atoms with E-state index in [1.54, 1.807) is 12.1 Å². The fraction of sp³-hybridized carbons (Fsp3) is 0.571. The van der Waals surface area contributed by atoms with Crippen LogP contribution in [-0.2, 0) is 16.4 Å². The Balaban J connectivity index is 2.05. The van der Waals surface area contributed by atoms with Crippen molar-refractivity contribution in [3.63, 3.8) is 0 Å². The number of nitrogens with one attached hydrogen (secondary N) is 1. The highest BCUT2D eigenvalue weighted by Gasteiger charge is 2.23. The first-order chi connectivity index (χ1) is 9.51. The van der Waals surface area contributed by atoms with Crippen LogP contribution in [0.1, 0.15) is 18.4 Å². The van der Waals surface area contributed by atoms with Crippen LogP contribution in [0, 0.1) is 0 Å². The van der Waals surface area contributed by atoms with Gasteiger partial charge in [0.05, 0.1) is 4.90 Å². The average molecular weight is 317 g/mol. The van der Waals surface area contributed by atoms with E-state index in [2.05, 4.69) is 9.62 Å². The van der Waals surface area contributed by atoms with Crippen molar-refractivity contribution in [1.29, 1.82) is 0 Å². The molecule has 1 N–H and O–H groups in total. The van der Waals surface area contributed by atoms with Crippen LogP contribution in [0.15, 0.2) is 29.2 Å². The maximum atomic E-state index is 12.3. The first-order valence-corrected chi connectivity index (χ1v) is 8.89. The second-order valence-electron chi connectivity index (χ2n) is 5.31. The van der Waals surface area contributed by atoms with Crippen LogP contribution in [0.25, 0.3) is 0 Å². The topological polar surface area (TPSA) is 49.4 Å². The molecule has 0 amide bonds. The fourth-order valence-electron chi connectivity index (χ4n) is 2.49. The molecule has 1 heterocycles. The molecular weight excluding hydrogens is 296 g/mol. The van der Waals surface area contributed by atoms with E-state index in [1.165, 1.54) is 0 Å². The van der Waals surface area contributed by atoms with E-state index in [1.807, 2.05) is 19.2 Å². The lowest BCUT2D eigenvalue weighted by Crippen LogP contribution is -2.46. The normalized spacial score (nSPS) is 21.0. The quantitative estimate of drug-likeness (QED) is 0.843. The molecular formula is C14H21ClN2O2S. The SMILES string of the molecule is CN1CCCC(NS(=O)(=O)c2ccc(CCCl)cc2)C1. The third-order valence-corrected chi connectivity index (χ3v) is 5.29. The minimum atomic E-state index is -3.42. The number of piperidine rings is 1. The fourth-order valence-corrected chi connectivity index (χ4v) is 3.97. The predicted molar refractivity (Wildman–Crippen MR) is 81.7 cm³/mol. The van der Waals surface area contributed by atoms with E-state index in [4.69, 9.17) is 11.6 Å². The number of sulfonamides is 1. The number of likely N-dealkylation sites (tertiary alicyclic amines) is 1. The number of likely N-dealkylation sites (N-methyl/N-ethyl adjacent to an activating group) is 1. The van der Waals surface area contributed by atoms with Crippen molar-refractivity contribution in [3.8, 4) is 0 Å². The molecule has 1 unspecified atom stereocenters. The Morgan fingerprint density at radius 3 is 2.65 bits per heavy atom. The standard InChI is InChI=1S/C14H21ClN2O2S/c1-17-10-2-3-13(11-17)16-20(18,19)14-6-4-12(5-7-14)8-9-15/h4-7,13,16H,2-3,8-11H2,1H3. The monoisotopic (exact) mass is 316 g/mol. The number of benzene rings is 1. The lowest BCUT2D eigenvalue weighted by molar-refractivity contribution is 0.242. The summed E-state index contributed by atoms with van der Waals surface area (Å²) in [6, 6.07) is 6.95. The van der Waals surface area contributed by atoms with Gasteiger partial charge in [-0.25, -0.2) is 13.1 Å². The summed E-state index contributed by atoms with van der Waals surface area (Å²) in [7, 11) is -1.41. The van der Waals surface area contributed by atoms with Gasteiger partial charge < -0.3 is 4.90 Å². The van der Waals surface area contributed by atoms with E-state index in [0.29, 0.717) is 10.8 Å². The van der Waals surface area contributed by atoms with Gasteiger partial charge in [-0.3, -0.25) is 0 Å². The van der Waals surface area contributed by atoms with Crippen molar-refractivity contribution < 1.29 is 8.42 Å². The molecule has 1 atom stereocenters. The molecule has 0 bridgehead atoms. The van der Waals surface area contributed by atoms with Gasteiger partial charge in [0.1, 0.15) is 0 Å². The summed E-state index contributed by atoms with van der Waals surface area (Å²) in [5.41, 5.74) is 1.05. The van der Waals surface area contributed by atoms with Crippen molar-refractivity contribution in [1.82, 2.24) is 9.62 Å². The summed E-state index contributed by atoms with van der Waals surface area (Å²) in [5.74, 6) is 0.540. The summed E-state index contributed by atoms with van der Waals surface area (Å²) in [6.45, 7) is 1.80. The average Bonchev–Trinajstić information content (AvgIpc) is 2.39. The molecule has 0 aliphatic carbocycles. The molecule has 20 heavy (non-hydrogen) atoms. The van der Waals surface area contributed by atoms with Crippen molar-refractivity contribution in [2.75, 3.05) is 26.0 Å². The van der Waals surface area contributed by atoms with Crippen LogP contribution in [0.3, 0.4) is 0 Å². The zero-order valence-electron chi connectivity index (χ0n) is 11.7. The highest BCUT2D eigenvalue weighted by Crippen LogP contribution is 2.15. The number of halogens is 1. The maximum Gasteiger partial charge on any atom is 0.240 e. The molecule has 0 radical (unpaired) electrons. The summed E-state index contributed by atoms with van der Waals surface area (Å²) < 4.78 is 27.4. The predicted octanol–water partition coefficient (Wildman–Crippen LogP) is 1.84. The lowest BCUT2D eigenvalue weighted by Gasteiger charge is -2.29. The molecule has 6 heteroatoms. The van der Waals surface area contributed by atoms with Gasteiger partial charge in [-0.2, -0.15) is 0 Å². The van der Waals surface area contributed by atoms with Gasteiger partial charge in [0.25, 0.3) is 0 Å². The summed E-state index contributed by atoms with van der Waals surface area (Å²) in [5, 5.41) is 0. The summed E-state index contributed by atoms with van der Waals surface area (Å²) in [4.78, 5) is 2.48. The molecule has 0 saturated carbocycles. The van der Waals surface area contributed by atoms with Crippen molar-refractivity contribution in [3.05, 3.63) is 29.8 Å². The Hall–Kier alpha value is -0.620. The number of alkyl halides is 1. The van der Waals surface area contributed by atoms with Gasteiger partial charge in [0.15, 0.2) is 0 Å². The highest BCUT2D eigenvalue weighted by atomic mass is 35.5. The van der Waals surface area contributed by atoms with E-state index in [9.17, 15) is 8.42 Å². The van der Waals surface area contributed by atoms with E-state index >= 15 is 0 Å². The third-order valence-electron chi connectivity index (χ3n) is 3.56. The number of aryl methyl sites for hydroxylation is 1. The minimum Gasteiger partial charge on any atom is -0.305 e. The molecule has 1 aromatic rings. The zero-order chi connectivity index (χ0) is 14.6. The van der Waals surface area contributed by atoms with Gasteiger partial charge in [-0.1, -0.05) is 12.1 Å². The Kier molecular flexibility index (Phi) is 5.43. The number of rotatable bonds is 5. The molecule has 1 fully saturated rings. The van der Waals surface area contributed by atoms with Crippen LogP contribution in [-0.4, -0.2) is 45.4 Å². The van der Waals surface area contributed by atoms with Crippen LogP contribution in [0.4, 0.5) is 0 Å². The first kappa shape index (κ1) is 15.8. The number of nitrogens with zero attached hydrogens (tertiary/aromatic N) is 1. The molecule has 4 nitrogen and oxygen atoms in total. The van der Waals surface area contributed by atoms with Crippen LogP contribution < -0.4 is 4.72 Å². The molecule has 1 aromatic carbocycles. The zero-order valence-corrected chi connectivity index (χ0v) is 13.3. The Labute approximate surface area is 126 Å². The van der Waals surface area contributed by atoms with E-state index in [-0.39, 0.29) is 6.04 Å². The largest absolute Gasteiger partial charge is 0.305 e. The van der Waals surface area contributed by atoms with Crippen molar-refractivity contribution >= 4 is 21.6 Å². The summed E-state index contributed by atoms with van der Waals surface area (Å²) >= 11 is 5.67. The lowest BCUT2D eigenvalue weighted by atomic mass is 10.1. The smallest absolute Gasteiger partial charge is 0.240 e. The maximum absolute atomic E-state index is 12.3. The molecule has 112 valence electrons. The van der Waals surface area contributed by atoms with Crippen LogP contribution in [0.2, 0.25) is 0 Å².